The number of alkyl halides is 3. The van der Waals surface area contributed by atoms with Crippen LogP contribution < -0.4 is 16.0 Å². The Morgan fingerprint density at radius 3 is 2.27 bits per heavy atom. The molecule has 0 radical (unpaired) electrons. The second kappa shape index (κ2) is 8.31. The largest absolute Gasteiger partial charge is 0.433 e. The molecule has 0 saturated heterocycles. The third kappa shape index (κ3) is 4.70. The number of aromatic nitrogens is 1. The summed E-state index contributed by atoms with van der Waals surface area (Å²) in [4.78, 5) is 28.8. The van der Waals surface area contributed by atoms with Crippen molar-refractivity contribution in [3.8, 4) is 0 Å². The quantitative estimate of drug-likeness (QED) is 0.512. The number of nitrogens with zero attached hydrogens (tertiary/aromatic N) is 1. The highest BCUT2D eigenvalue weighted by Gasteiger charge is 2.33. The lowest BCUT2D eigenvalue weighted by Crippen LogP contribution is -2.34. The molecule has 0 spiro atoms. The van der Waals surface area contributed by atoms with Crippen molar-refractivity contribution in [1.82, 2.24) is 10.3 Å². The predicted molar refractivity (Wildman–Crippen MR) is 111 cm³/mol. The van der Waals surface area contributed by atoms with Crippen molar-refractivity contribution >= 4 is 44.9 Å². The molecule has 2 heterocycles. The lowest BCUT2D eigenvalue weighted by Gasteiger charge is -2.14. The van der Waals surface area contributed by atoms with Gasteiger partial charge in [0.1, 0.15) is 10.5 Å². The highest BCUT2D eigenvalue weighted by molar-refractivity contribution is 7.20. The number of fused-ring (bicyclic) bond motifs is 1. The maximum atomic E-state index is 12.9. The van der Waals surface area contributed by atoms with Gasteiger partial charge in [0.15, 0.2) is 0 Å². The Hall–Kier alpha value is -3.14. The van der Waals surface area contributed by atoms with Gasteiger partial charge in [0.05, 0.1) is 16.3 Å². The van der Waals surface area contributed by atoms with Gasteiger partial charge >= 0.3 is 12.2 Å². The van der Waals surface area contributed by atoms with E-state index < -0.39 is 23.8 Å². The maximum Gasteiger partial charge on any atom is 0.433 e. The summed E-state index contributed by atoms with van der Waals surface area (Å²) in [6.07, 6.45) is -4.56. The fourth-order valence-corrected chi connectivity index (χ4v) is 3.85. The monoisotopic (exact) mass is 436 g/mol. The third-order valence-electron chi connectivity index (χ3n) is 4.14. The number of nitrogens with one attached hydrogen (secondary N) is 3. The Morgan fingerprint density at radius 2 is 1.67 bits per heavy atom. The molecule has 3 N–H and O–H groups in total. The van der Waals surface area contributed by atoms with E-state index >= 15 is 0 Å². The topological polar surface area (TPSA) is 83.1 Å². The Balaban J connectivity index is 1.87. The zero-order valence-corrected chi connectivity index (χ0v) is 17.2. The first-order valence-corrected chi connectivity index (χ1v) is 9.83. The van der Waals surface area contributed by atoms with Crippen LogP contribution >= 0.6 is 11.3 Å². The number of thiophene rings is 1. The first kappa shape index (κ1) is 21.6. The third-order valence-corrected chi connectivity index (χ3v) is 5.34. The number of urea groups is 1. The van der Waals surface area contributed by atoms with Gasteiger partial charge in [0, 0.05) is 11.4 Å². The van der Waals surface area contributed by atoms with E-state index in [1.807, 2.05) is 13.8 Å². The fourth-order valence-electron chi connectivity index (χ4n) is 2.77. The molecule has 0 aliphatic heterocycles. The zero-order valence-electron chi connectivity index (χ0n) is 16.3. The number of rotatable bonds is 4. The average molecular weight is 436 g/mol. The molecule has 10 heteroatoms. The summed E-state index contributed by atoms with van der Waals surface area (Å²) < 4.78 is 38.8. The minimum Gasteiger partial charge on any atom is -0.336 e. The van der Waals surface area contributed by atoms with Gasteiger partial charge in [0.25, 0.3) is 5.91 Å². The average Bonchev–Trinajstić information content (AvgIpc) is 2.98. The molecule has 3 amide bonds. The molecule has 158 valence electrons. The highest BCUT2D eigenvalue weighted by Crippen LogP contribution is 2.34. The van der Waals surface area contributed by atoms with Gasteiger partial charge in [-0.1, -0.05) is 12.1 Å². The van der Waals surface area contributed by atoms with Crippen molar-refractivity contribution < 1.29 is 22.8 Å². The van der Waals surface area contributed by atoms with Gasteiger partial charge in [-0.15, -0.1) is 11.3 Å². The van der Waals surface area contributed by atoms with Gasteiger partial charge in [-0.25, -0.2) is 9.78 Å². The van der Waals surface area contributed by atoms with E-state index in [9.17, 15) is 22.8 Å². The van der Waals surface area contributed by atoms with Crippen molar-refractivity contribution in [1.29, 1.82) is 0 Å². The number of hydrogen-bond donors (Lipinski definition) is 3. The lowest BCUT2D eigenvalue weighted by molar-refractivity contribution is -0.140. The minimum atomic E-state index is -4.56. The molecule has 6 nitrogen and oxygen atoms in total. The summed E-state index contributed by atoms with van der Waals surface area (Å²) in [6, 6.07) is 8.37. The first-order valence-electron chi connectivity index (χ1n) is 9.01. The Bertz CT molecular complexity index is 1110. The van der Waals surface area contributed by atoms with Crippen LogP contribution in [-0.4, -0.2) is 23.0 Å². The molecule has 2 aromatic heterocycles. The number of anilines is 2. The summed E-state index contributed by atoms with van der Waals surface area (Å²) in [5.74, 6) is -0.498. The maximum absolute atomic E-state index is 12.9. The molecule has 0 saturated carbocycles. The number of aryl methyl sites for hydroxylation is 1. The SMILES string of the molecule is Cc1c(C(=O)Nc2ccccc2NC(=O)NC(C)C)sc2nc(C(F)(F)F)ccc12. The van der Waals surface area contributed by atoms with Gasteiger partial charge < -0.3 is 16.0 Å². The van der Waals surface area contributed by atoms with Gasteiger partial charge in [0.2, 0.25) is 0 Å². The number of benzene rings is 1. The fraction of sp³-hybridized carbons (Fsp3) is 0.250. The van der Waals surface area contributed by atoms with Crippen molar-refractivity contribution in [3.63, 3.8) is 0 Å². The summed E-state index contributed by atoms with van der Waals surface area (Å²) in [5, 5.41) is 8.55. The van der Waals surface area contributed by atoms with Crippen LogP contribution in [0.5, 0.6) is 0 Å². The van der Waals surface area contributed by atoms with E-state index in [0.717, 1.165) is 17.4 Å². The van der Waals surface area contributed by atoms with Crippen LogP contribution in [0.25, 0.3) is 10.2 Å². The van der Waals surface area contributed by atoms with Gasteiger partial charge in [-0.2, -0.15) is 13.2 Å². The lowest BCUT2D eigenvalue weighted by atomic mass is 10.1. The Kier molecular flexibility index (Phi) is 5.97. The van der Waals surface area contributed by atoms with E-state index in [1.54, 1.807) is 31.2 Å². The van der Waals surface area contributed by atoms with Crippen molar-refractivity contribution in [2.45, 2.75) is 33.0 Å². The molecule has 3 rings (SSSR count). The Labute approximate surface area is 174 Å². The zero-order chi connectivity index (χ0) is 22.1. The van der Waals surface area contributed by atoms with Crippen LogP contribution in [0.1, 0.15) is 34.8 Å². The number of carbonyl (C=O) groups is 2. The van der Waals surface area contributed by atoms with E-state index in [1.165, 1.54) is 6.07 Å². The van der Waals surface area contributed by atoms with Crippen LogP contribution in [-0.2, 0) is 6.18 Å². The van der Waals surface area contributed by atoms with Crippen molar-refractivity contribution in [2.75, 3.05) is 10.6 Å². The number of hydrogen-bond acceptors (Lipinski definition) is 4. The molecule has 0 unspecified atom stereocenters. The minimum absolute atomic E-state index is 0.0676. The van der Waals surface area contributed by atoms with Crippen molar-refractivity contribution in [2.24, 2.45) is 0 Å². The second-order valence-electron chi connectivity index (χ2n) is 6.86. The molecule has 0 fully saturated rings. The number of para-hydroxylation sites is 2. The Morgan fingerprint density at radius 1 is 1.03 bits per heavy atom. The van der Waals surface area contributed by atoms with Crippen LogP contribution in [0.15, 0.2) is 36.4 Å². The molecule has 30 heavy (non-hydrogen) atoms. The summed E-state index contributed by atoms with van der Waals surface area (Å²) in [7, 11) is 0. The normalized spacial score (nSPS) is 11.6. The van der Waals surface area contributed by atoms with Crippen LogP contribution in [0.3, 0.4) is 0 Å². The highest BCUT2D eigenvalue weighted by atomic mass is 32.1. The smallest absolute Gasteiger partial charge is 0.336 e. The molecule has 0 atom stereocenters. The van der Waals surface area contributed by atoms with Gasteiger partial charge in [-0.3, -0.25) is 4.79 Å². The summed E-state index contributed by atoms with van der Waals surface area (Å²) in [5.41, 5.74) is 0.285. The summed E-state index contributed by atoms with van der Waals surface area (Å²) in [6.45, 7) is 5.29. The second-order valence-corrected chi connectivity index (χ2v) is 7.86. The molecule has 0 aliphatic rings. The molecule has 3 aromatic rings. The van der Waals surface area contributed by atoms with Crippen molar-refractivity contribution in [3.05, 3.63) is 52.5 Å². The predicted octanol–water partition coefficient (Wildman–Crippen LogP) is 5.41. The van der Waals surface area contributed by atoms with Gasteiger partial charge in [-0.05, 0) is 50.6 Å². The van der Waals surface area contributed by atoms with Crippen LogP contribution in [0.4, 0.5) is 29.3 Å². The molecule has 1 aromatic carbocycles. The molecule has 0 aliphatic carbocycles. The van der Waals surface area contributed by atoms with E-state index in [0.29, 0.717) is 22.3 Å². The standard InChI is InChI=1S/C20H19F3N4O2S/c1-10(2)24-19(29)26-14-7-5-4-6-13(14)25-17(28)16-11(3)12-8-9-15(20(21,22)23)27-18(12)30-16/h4-10H,1-3H3,(H,25,28)(H2,24,26,29). The first-order chi connectivity index (χ1) is 14.1. The van der Waals surface area contributed by atoms with E-state index in [-0.39, 0.29) is 15.7 Å². The molecular formula is C20H19F3N4O2S. The van der Waals surface area contributed by atoms with E-state index in [2.05, 4.69) is 20.9 Å². The summed E-state index contributed by atoms with van der Waals surface area (Å²) >= 11 is 0.887. The number of pyridine rings is 1. The molecule has 0 bridgehead atoms. The molecular weight excluding hydrogens is 417 g/mol. The number of carbonyl (C=O) groups excluding carboxylic acids is 2. The van der Waals surface area contributed by atoms with Crippen LogP contribution in [0.2, 0.25) is 0 Å². The van der Waals surface area contributed by atoms with E-state index in [4.69, 9.17) is 0 Å². The van der Waals surface area contributed by atoms with Crippen LogP contribution in [0, 0.1) is 6.92 Å². The number of amides is 3. The number of halogens is 3.